The first kappa shape index (κ1) is 14.1. The van der Waals surface area contributed by atoms with Gasteiger partial charge in [0.25, 0.3) is 0 Å². The van der Waals surface area contributed by atoms with E-state index in [1.807, 2.05) is 35.7 Å². The molecule has 3 rings (SSSR count). The second kappa shape index (κ2) is 6.28. The Balaban J connectivity index is 1.53. The maximum atomic E-state index is 12.0. The van der Waals surface area contributed by atoms with E-state index in [1.165, 1.54) is 4.88 Å². The standard InChI is InChI=1S/C16H18N2O2S/c19-14-10-11-4-1-2-6-13(11)15(14)18-16(20)17-8-7-12-5-3-9-21-12/h1-6,9,14-15,19H,7-8,10H2,(H2,17,18,20)/t14-,15+/m1/s1. The minimum Gasteiger partial charge on any atom is -0.390 e. The lowest BCUT2D eigenvalue weighted by Gasteiger charge is -2.18. The van der Waals surface area contributed by atoms with Gasteiger partial charge in [0.1, 0.15) is 0 Å². The van der Waals surface area contributed by atoms with Gasteiger partial charge >= 0.3 is 6.03 Å². The van der Waals surface area contributed by atoms with Crippen LogP contribution in [0.3, 0.4) is 0 Å². The second-order valence-electron chi connectivity index (χ2n) is 5.18. The van der Waals surface area contributed by atoms with Crippen molar-refractivity contribution in [2.45, 2.75) is 25.0 Å². The fraction of sp³-hybridized carbons (Fsp3) is 0.312. The minimum atomic E-state index is -0.551. The van der Waals surface area contributed by atoms with E-state index in [-0.39, 0.29) is 12.1 Å². The van der Waals surface area contributed by atoms with Gasteiger partial charge in [-0.2, -0.15) is 0 Å². The van der Waals surface area contributed by atoms with Crippen LogP contribution >= 0.6 is 11.3 Å². The van der Waals surface area contributed by atoms with E-state index < -0.39 is 6.10 Å². The first-order valence-electron chi connectivity index (χ1n) is 7.06. The van der Waals surface area contributed by atoms with Gasteiger partial charge in [0, 0.05) is 17.8 Å². The van der Waals surface area contributed by atoms with Crippen molar-refractivity contribution < 1.29 is 9.90 Å². The van der Waals surface area contributed by atoms with Crippen molar-refractivity contribution in [2.75, 3.05) is 6.54 Å². The number of carbonyl (C=O) groups excluding carboxylic acids is 1. The van der Waals surface area contributed by atoms with E-state index in [9.17, 15) is 9.90 Å². The lowest BCUT2D eigenvalue weighted by Crippen LogP contribution is -2.41. The van der Waals surface area contributed by atoms with Crippen LogP contribution in [0.4, 0.5) is 4.79 Å². The molecular weight excluding hydrogens is 284 g/mol. The number of amides is 2. The van der Waals surface area contributed by atoms with Crippen LogP contribution in [0, 0.1) is 0 Å². The summed E-state index contributed by atoms with van der Waals surface area (Å²) < 4.78 is 0. The van der Waals surface area contributed by atoms with E-state index in [2.05, 4.69) is 16.7 Å². The van der Waals surface area contributed by atoms with E-state index in [4.69, 9.17) is 0 Å². The predicted octanol–water partition coefficient (Wildman–Crippen LogP) is 2.25. The molecular formula is C16H18N2O2S. The number of fused-ring (bicyclic) bond motifs is 1. The fourth-order valence-electron chi connectivity index (χ4n) is 2.69. The highest BCUT2D eigenvalue weighted by Gasteiger charge is 2.31. The molecule has 2 amide bonds. The molecule has 21 heavy (non-hydrogen) atoms. The Morgan fingerprint density at radius 1 is 1.29 bits per heavy atom. The van der Waals surface area contributed by atoms with Gasteiger partial charge in [0.05, 0.1) is 12.1 Å². The Kier molecular flexibility index (Phi) is 4.22. The van der Waals surface area contributed by atoms with Crippen LogP contribution in [0.1, 0.15) is 22.0 Å². The molecule has 2 aromatic rings. The maximum Gasteiger partial charge on any atom is 0.315 e. The van der Waals surface area contributed by atoms with Crippen molar-refractivity contribution in [1.29, 1.82) is 0 Å². The number of carbonyl (C=O) groups is 1. The van der Waals surface area contributed by atoms with Crippen molar-refractivity contribution in [2.24, 2.45) is 0 Å². The zero-order valence-electron chi connectivity index (χ0n) is 11.6. The smallest absolute Gasteiger partial charge is 0.315 e. The van der Waals surface area contributed by atoms with Crippen LogP contribution in [-0.4, -0.2) is 23.8 Å². The molecule has 1 aliphatic carbocycles. The van der Waals surface area contributed by atoms with E-state index in [1.54, 1.807) is 11.3 Å². The van der Waals surface area contributed by atoms with Crippen molar-refractivity contribution in [3.63, 3.8) is 0 Å². The van der Waals surface area contributed by atoms with Crippen LogP contribution in [0.25, 0.3) is 0 Å². The van der Waals surface area contributed by atoms with Gasteiger partial charge < -0.3 is 15.7 Å². The van der Waals surface area contributed by atoms with Gasteiger partial charge in [0.15, 0.2) is 0 Å². The lowest BCUT2D eigenvalue weighted by molar-refractivity contribution is 0.142. The Morgan fingerprint density at radius 3 is 2.95 bits per heavy atom. The van der Waals surface area contributed by atoms with Gasteiger partial charge in [-0.3, -0.25) is 0 Å². The summed E-state index contributed by atoms with van der Waals surface area (Å²) in [6.45, 7) is 0.594. The number of nitrogens with one attached hydrogen (secondary N) is 2. The molecule has 3 N–H and O–H groups in total. The number of hydrogen-bond donors (Lipinski definition) is 3. The van der Waals surface area contributed by atoms with Crippen molar-refractivity contribution in [1.82, 2.24) is 10.6 Å². The first-order valence-corrected chi connectivity index (χ1v) is 7.94. The van der Waals surface area contributed by atoms with E-state index >= 15 is 0 Å². The number of urea groups is 1. The average Bonchev–Trinajstić information content (AvgIpc) is 3.08. The molecule has 1 aromatic heterocycles. The van der Waals surface area contributed by atoms with Crippen LogP contribution in [0.5, 0.6) is 0 Å². The van der Waals surface area contributed by atoms with Gasteiger partial charge in [-0.15, -0.1) is 11.3 Å². The van der Waals surface area contributed by atoms with Crippen molar-refractivity contribution in [3.05, 3.63) is 57.8 Å². The largest absolute Gasteiger partial charge is 0.390 e. The number of aliphatic hydroxyl groups is 1. The van der Waals surface area contributed by atoms with Gasteiger partial charge in [-0.05, 0) is 29.0 Å². The Labute approximate surface area is 127 Å². The number of hydrogen-bond acceptors (Lipinski definition) is 3. The molecule has 1 aromatic carbocycles. The molecule has 0 bridgehead atoms. The molecule has 110 valence electrons. The molecule has 1 heterocycles. The van der Waals surface area contributed by atoms with E-state index in [0.29, 0.717) is 13.0 Å². The summed E-state index contributed by atoms with van der Waals surface area (Å²) >= 11 is 1.69. The molecule has 4 nitrogen and oxygen atoms in total. The molecule has 5 heteroatoms. The SMILES string of the molecule is O=C(NCCc1cccs1)N[C@H]1c2ccccc2C[C@H]1O. The molecule has 1 aliphatic rings. The first-order chi connectivity index (χ1) is 10.2. The molecule has 0 spiro atoms. The molecule has 0 radical (unpaired) electrons. The molecule has 0 fully saturated rings. The number of thiophene rings is 1. The highest BCUT2D eigenvalue weighted by Crippen LogP contribution is 2.30. The van der Waals surface area contributed by atoms with Crippen LogP contribution < -0.4 is 10.6 Å². The summed E-state index contributed by atoms with van der Waals surface area (Å²) in [6.07, 6.45) is 0.871. The summed E-state index contributed by atoms with van der Waals surface area (Å²) in [7, 11) is 0. The number of aliphatic hydroxyl groups excluding tert-OH is 1. The lowest BCUT2D eigenvalue weighted by atomic mass is 10.1. The summed E-state index contributed by atoms with van der Waals surface area (Å²) in [6, 6.07) is 11.4. The van der Waals surface area contributed by atoms with Crippen molar-refractivity contribution in [3.8, 4) is 0 Å². The van der Waals surface area contributed by atoms with Gasteiger partial charge in [-0.25, -0.2) is 4.79 Å². The monoisotopic (exact) mass is 302 g/mol. The minimum absolute atomic E-state index is 0.229. The molecule has 0 unspecified atom stereocenters. The van der Waals surface area contributed by atoms with Crippen LogP contribution in [0.15, 0.2) is 41.8 Å². The topological polar surface area (TPSA) is 61.4 Å². The van der Waals surface area contributed by atoms with Crippen LogP contribution in [0.2, 0.25) is 0 Å². The van der Waals surface area contributed by atoms with E-state index in [0.717, 1.165) is 17.5 Å². The molecule has 0 aliphatic heterocycles. The van der Waals surface area contributed by atoms with Gasteiger partial charge in [0.2, 0.25) is 0 Å². The summed E-state index contributed by atoms with van der Waals surface area (Å²) in [4.78, 5) is 13.2. The summed E-state index contributed by atoms with van der Waals surface area (Å²) in [5, 5.41) is 17.8. The predicted molar refractivity (Wildman–Crippen MR) is 83.5 cm³/mol. The highest BCUT2D eigenvalue weighted by molar-refractivity contribution is 7.09. The third kappa shape index (κ3) is 3.25. The maximum absolute atomic E-state index is 12.0. The zero-order chi connectivity index (χ0) is 14.7. The summed E-state index contributed by atoms with van der Waals surface area (Å²) in [5.74, 6) is 0. The van der Waals surface area contributed by atoms with Crippen LogP contribution in [-0.2, 0) is 12.8 Å². The zero-order valence-corrected chi connectivity index (χ0v) is 12.4. The number of rotatable bonds is 4. The highest BCUT2D eigenvalue weighted by atomic mass is 32.1. The quantitative estimate of drug-likeness (QED) is 0.811. The Hall–Kier alpha value is -1.85. The molecule has 0 saturated heterocycles. The van der Waals surface area contributed by atoms with Crippen molar-refractivity contribution >= 4 is 17.4 Å². The average molecular weight is 302 g/mol. The second-order valence-corrected chi connectivity index (χ2v) is 6.21. The third-order valence-corrected chi connectivity index (χ3v) is 4.66. The fourth-order valence-corrected chi connectivity index (χ4v) is 3.40. The Bertz CT molecular complexity index is 612. The third-order valence-electron chi connectivity index (χ3n) is 3.73. The molecule has 2 atom stereocenters. The van der Waals surface area contributed by atoms with Gasteiger partial charge in [-0.1, -0.05) is 30.3 Å². The Morgan fingerprint density at radius 2 is 2.14 bits per heavy atom. The summed E-state index contributed by atoms with van der Waals surface area (Å²) in [5.41, 5.74) is 2.12. The number of benzene rings is 1. The molecule has 0 saturated carbocycles. The normalized spacial score (nSPS) is 20.0.